The predicted octanol–water partition coefficient (Wildman–Crippen LogP) is 6.88. The summed E-state index contributed by atoms with van der Waals surface area (Å²) in [5.74, 6) is 0.220. The van der Waals surface area contributed by atoms with Gasteiger partial charge in [-0.3, -0.25) is 4.79 Å². The summed E-state index contributed by atoms with van der Waals surface area (Å²) in [6.45, 7) is 0.226. The minimum Gasteiger partial charge on any atom is -0.488 e. The number of amides is 1. The highest BCUT2D eigenvalue weighted by Crippen LogP contribution is 2.26. The summed E-state index contributed by atoms with van der Waals surface area (Å²) >= 11 is 3.48. The van der Waals surface area contributed by atoms with Gasteiger partial charge < -0.3 is 4.74 Å². The molecule has 0 bridgehead atoms. The first-order valence-electron chi connectivity index (χ1n) is 11.8. The number of pyridine rings is 1. The summed E-state index contributed by atoms with van der Waals surface area (Å²) in [5.41, 5.74) is 7.49. The van der Waals surface area contributed by atoms with Crippen LogP contribution in [0.5, 0.6) is 5.75 Å². The number of benzene rings is 4. The van der Waals surface area contributed by atoms with E-state index in [2.05, 4.69) is 32.5 Å². The third-order valence-corrected chi connectivity index (χ3v) is 6.39. The fourth-order valence-corrected chi connectivity index (χ4v) is 4.38. The van der Waals surface area contributed by atoms with E-state index < -0.39 is 0 Å². The second-order valence-electron chi connectivity index (χ2n) is 8.38. The Morgan fingerprint density at radius 3 is 2.58 bits per heavy atom. The van der Waals surface area contributed by atoms with Gasteiger partial charge in [0.1, 0.15) is 12.4 Å². The largest absolute Gasteiger partial charge is 0.488 e. The Kier molecular flexibility index (Phi) is 7.53. The van der Waals surface area contributed by atoms with Crippen LogP contribution in [-0.4, -0.2) is 17.1 Å². The number of carbonyl (C=O) groups is 1. The standard InChI is InChI=1S/C31H21BrN4O2/c32-25-14-15-30(38-20-23-11-5-4-10-22(23)18-33)24(16-25)19-34-36-31(37)27-17-29(21-8-2-1-3-9-21)35-28-13-7-6-12-26(27)28/h1-17,19H,20H2,(H,36,37)/b34-19-. The molecule has 1 aromatic heterocycles. The van der Waals surface area contributed by atoms with Gasteiger partial charge in [-0.25, -0.2) is 10.4 Å². The van der Waals surface area contributed by atoms with Gasteiger partial charge in [0.25, 0.3) is 5.91 Å². The van der Waals surface area contributed by atoms with Crippen LogP contribution in [0.15, 0.2) is 113 Å². The van der Waals surface area contributed by atoms with Gasteiger partial charge in [0.2, 0.25) is 0 Å². The van der Waals surface area contributed by atoms with E-state index in [1.807, 2.05) is 91.0 Å². The third-order valence-electron chi connectivity index (χ3n) is 5.89. The van der Waals surface area contributed by atoms with Crippen LogP contribution in [0.2, 0.25) is 0 Å². The van der Waals surface area contributed by atoms with Crippen molar-refractivity contribution in [2.75, 3.05) is 0 Å². The molecule has 6 nitrogen and oxygen atoms in total. The highest BCUT2D eigenvalue weighted by Gasteiger charge is 2.14. The zero-order chi connectivity index (χ0) is 26.3. The van der Waals surface area contributed by atoms with E-state index in [0.717, 1.165) is 26.5 Å². The van der Waals surface area contributed by atoms with Crippen molar-refractivity contribution in [3.05, 3.63) is 130 Å². The maximum atomic E-state index is 13.2. The fraction of sp³-hybridized carbons (Fsp3) is 0.0323. The zero-order valence-corrected chi connectivity index (χ0v) is 21.7. The summed E-state index contributed by atoms with van der Waals surface area (Å²) in [5, 5.41) is 14.3. The van der Waals surface area contributed by atoms with Crippen LogP contribution in [0, 0.1) is 11.3 Å². The molecule has 0 aliphatic rings. The summed E-state index contributed by atoms with van der Waals surface area (Å²) in [6, 6.07) is 34.0. The van der Waals surface area contributed by atoms with Crippen molar-refractivity contribution in [2.45, 2.75) is 6.61 Å². The number of rotatable bonds is 7. The molecule has 0 saturated heterocycles. The lowest BCUT2D eigenvalue weighted by atomic mass is 10.0. The predicted molar refractivity (Wildman–Crippen MR) is 152 cm³/mol. The lowest BCUT2D eigenvalue weighted by molar-refractivity contribution is 0.0956. The molecule has 5 rings (SSSR count). The van der Waals surface area contributed by atoms with Crippen LogP contribution in [-0.2, 0) is 6.61 Å². The van der Waals surface area contributed by atoms with E-state index in [1.54, 1.807) is 12.1 Å². The number of halogens is 1. The van der Waals surface area contributed by atoms with Gasteiger partial charge in [-0.2, -0.15) is 10.4 Å². The molecule has 0 fully saturated rings. The first-order valence-corrected chi connectivity index (χ1v) is 12.6. The fourth-order valence-electron chi connectivity index (χ4n) is 4.00. The van der Waals surface area contributed by atoms with Gasteiger partial charge in [0.15, 0.2) is 0 Å². The quantitative estimate of drug-likeness (QED) is 0.173. The van der Waals surface area contributed by atoms with Crippen molar-refractivity contribution >= 4 is 39.0 Å². The van der Waals surface area contributed by atoms with Gasteiger partial charge >= 0.3 is 0 Å². The van der Waals surface area contributed by atoms with Gasteiger partial charge in [-0.1, -0.05) is 82.7 Å². The molecule has 4 aromatic carbocycles. The van der Waals surface area contributed by atoms with E-state index in [-0.39, 0.29) is 12.5 Å². The molecule has 38 heavy (non-hydrogen) atoms. The number of hydrogen-bond acceptors (Lipinski definition) is 5. The Morgan fingerprint density at radius 2 is 1.74 bits per heavy atom. The van der Waals surface area contributed by atoms with Crippen LogP contribution in [0.3, 0.4) is 0 Å². The van der Waals surface area contributed by atoms with Crippen LogP contribution < -0.4 is 10.2 Å². The van der Waals surface area contributed by atoms with Crippen molar-refractivity contribution in [3.8, 4) is 23.1 Å². The van der Waals surface area contributed by atoms with Gasteiger partial charge in [0.05, 0.1) is 34.6 Å². The van der Waals surface area contributed by atoms with Gasteiger partial charge in [0, 0.05) is 26.5 Å². The van der Waals surface area contributed by atoms with Crippen molar-refractivity contribution < 1.29 is 9.53 Å². The average molecular weight is 561 g/mol. The number of hydrogen-bond donors (Lipinski definition) is 1. The number of fused-ring (bicyclic) bond motifs is 1. The lowest BCUT2D eigenvalue weighted by Crippen LogP contribution is -2.18. The Labute approximate surface area is 228 Å². The number of para-hydroxylation sites is 1. The number of nitrogens with one attached hydrogen (secondary N) is 1. The van der Waals surface area contributed by atoms with E-state index in [0.29, 0.717) is 28.1 Å². The minimum absolute atomic E-state index is 0.226. The highest BCUT2D eigenvalue weighted by molar-refractivity contribution is 9.10. The number of hydrazone groups is 1. The zero-order valence-electron chi connectivity index (χ0n) is 20.1. The second kappa shape index (κ2) is 11.5. The SMILES string of the molecule is N#Cc1ccccc1COc1ccc(Br)cc1/C=N\NC(=O)c1cc(-c2ccccc2)nc2ccccc12. The molecule has 1 heterocycles. The molecule has 0 aliphatic carbocycles. The van der Waals surface area contributed by atoms with Gasteiger partial charge in [-0.05, 0) is 36.4 Å². The van der Waals surface area contributed by atoms with Crippen molar-refractivity contribution in [3.63, 3.8) is 0 Å². The summed E-state index contributed by atoms with van der Waals surface area (Å²) in [4.78, 5) is 18.0. The number of ether oxygens (including phenoxy) is 1. The monoisotopic (exact) mass is 560 g/mol. The number of carbonyl (C=O) groups excluding carboxylic acids is 1. The molecule has 1 N–H and O–H groups in total. The van der Waals surface area contributed by atoms with Crippen molar-refractivity contribution in [1.29, 1.82) is 5.26 Å². The lowest BCUT2D eigenvalue weighted by Gasteiger charge is -2.11. The molecule has 0 aliphatic heterocycles. The highest BCUT2D eigenvalue weighted by atomic mass is 79.9. The Balaban J connectivity index is 1.38. The topological polar surface area (TPSA) is 87.4 Å². The van der Waals surface area contributed by atoms with Gasteiger partial charge in [-0.15, -0.1) is 0 Å². The number of nitriles is 1. The van der Waals surface area contributed by atoms with Crippen LogP contribution >= 0.6 is 15.9 Å². The Hall–Kier alpha value is -4.80. The van der Waals surface area contributed by atoms with Crippen molar-refractivity contribution in [2.24, 2.45) is 5.10 Å². The molecule has 5 aromatic rings. The number of nitrogens with zero attached hydrogens (tertiary/aromatic N) is 3. The minimum atomic E-state index is -0.350. The van der Waals surface area contributed by atoms with E-state index >= 15 is 0 Å². The van der Waals surface area contributed by atoms with Crippen LogP contribution in [0.4, 0.5) is 0 Å². The molecule has 0 spiro atoms. The maximum absolute atomic E-state index is 13.2. The molecular weight excluding hydrogens is 540 g/mol. The normalized spacial score (nSPS) is 10.8. The smallest absolute Gasteiger partial charge is 0.272 e. The molecular formula is C31H21BrN4O2. The Morgan fingerprint density at radius 1 is 0.974 bits per heavy atom. The van der Waals surface area contributed by atoms with E-state index in [1.165, 1.54) is 6.21 Å². The summed E-state index contributed by atoms with van der Waals surface area (Å²) in [7, 11) is 0. The Bertz CT molecular complexity index is 1690. The molecule has 7 heteroatoms. The molecule has 1 amide bonds. The first-order chi connectivity index (χ1) is 18.6. The molecule has 184 valence electrons. The average Bonchev–Trinajstić information content (AvgIpc) is 2.96. The van der Waals surface area contributed by atoms with Crippen LogP contribution in [0.25, 0.3) is 22.2 Å². The first kappa shape index (κ1) is 24.9. The summed E-state index contributed by atoms with van der Waals surface area (Å²) in [6.07, 6.45) is 1.54. The van der Waals surface area contributed by atoms with Crippen molar-refractivity contribution in [1.82, 2.24) is 10.4 Å². The molecule has 0 atom stereocenters. The van der Waals surface area contributed by atoms with E-state index in [9.17, 15) is 10.1 Å². The van der Waals surface area contributed by atoms with Crippen LogP contribution in [0.1, 0.15) is 27.0 Å². The second-order valence-corrected chi connectivity index (χ2v) is 9.29. The third kappa shape index (κ3) is 5.61. The molecule has 0 saturated carbocycles. The molecule has 0 radical (unpaired) electrons. The summed E-state index contributed by atoms with van der Waals surface area (Å²) < 4.78 is 6.84. The number of aromatic nitrogens is 1. The maximum Gasteiger partial charge on any atom is 0.272 e. The molecule has 0 unspecified atom stereocenters. The van der Waals surface area contributed by atoms with E-state index in [4.69, 9.17) is 9.72 Å².